The molecule has 6 nitrogen and oxygen atoms in total. The summed E-state index contributed by atoms with van der Waals surface area (Å²) in [6.45, 7) is 5.06. The fourth-order valence-electron chi connectivity index (χ4n) is 1.75. The van der Waals surface area contributed by atoms with Crippen LogP contribution >= 0.6 is 0 Å². The second kappa shape index (κ2) is 6.44. The van der Waals surface area contributed by atoms with E-state index < -0.39 is 6.04 Å². The van der Waals surface area contributed by atoms with E-state index in [-0.39, 0.29) is 18.0 Å². The SMILES string of the molecule is CCOC(=O)N1CCC(NC(=O)[C@H](C)N)CC1. The molecular weight excluding hydrogens is 222 g/mol. The highest BCUT2D eigenvalue weighted by Gasteiger charge is 2.24. The van der Waals surface area contributed by atoms with Crippen LogP contribution in [0.15, 0.2) is 0 Å². The van der Waals surface area contributed by atoms with Crippen LogP contribution in [-0.2, 0) is 9.53 Å². The first-order valence-electron chi connectivity index (χ1n) is 6.02. The smallest absolute Gasteiger partial charge is 0.409 e. The number of likely N-dealkylation sites (tertiary alicyclic amines) is 1. The molecule has 0 unspecified atom stereocenters. The molecule has 1 heterocycles. The number of nitrogens with one attached hydrogen (secondary N) is 1. The van der Waals surface area contributed by atoms with Crippen molar-refractivity contribution in [1.82, 2.24) is 10.2 Å². The maximum absolute atomic E-state index is 11.4. The molecule has 1 rings (SSSR count). The largest absolute Gasteiger partial charge is 0.450 e. The number of ether oxygens (including phenoxy) is 1. The molecule has 0 spiro atoms. The summed E-state index contributed by atoms with van der Waals surface area (Å²) in [6, 6.07) is -0.378. The Labute approximate surface area is 101 Å². The van der Waals surface area contributed by atoms with Gasteiger partial charge in [-0.25, -0.2) is 4.79 Å². The Morgan fingerprint density at radius 2 is 2.06 bits per heavy atom. The number of hydrogen-bond acceptors (Lipinski definition) is 4. The van der Waals surface area contributed by atoms with Gasteiger partial charge in [0.25, 0.3) is 0 Å². The van der Waals surface area contributed by atoms with Crippen LogP contribution in [0, 0.1) is 0 Å². The van der Waals surface area contributed by atoms with Gasteiger partial charge < -0.3 is 20.7 Å². The lowest BCUT2D eigenvalue weighted by Crippen LogP contribution is -2.49. The molecule has 0 aliphatic carbocycles. The molecule has 1 saturated heterocycles. The lowest BCUT2D eigenvalue weighted by atomic mass is 10.1. The third-order valence-corrected chi connectivity index (χ3v) is 2.78. The van der Waals surface area contributed by atoms with Crippen LogP contribution in [0.4, 0.5) is 4.79 Å². The monoisotopic (exact) mass is 243 g/mol. The minimum absolute atomic E-state index is 0.110. The van der Waals surface area contributed by atoms with Gasteiger partial charge in [-0.3, -0.25) is 4.79 Å². The zero-order valence-corrected chi connectivity index (χ0v) is 10.4. The summed E-state index contributed by atoms with van der Waals surface area (Å²) in [7, 11) is 0. The molecule has 2 amide bonds. The van der Waals surface area contributed by atoms with Gasteiger partial charge in [0.2, 0.25) is 5.91 Å². The molecule has 0 aromatic rings. The van der Waals surface area contributed by atoms with Crippen LogP contribution < -0.4 is 11.1 Å². The van der Waals surface area contributed by atoms with Crippen molar-refractivity contribution in [3.63, 3.8) is 0 Å². The van der Waals surface area contributed by atoms with E-state index in [4.69, 9.17) is 10.5 Å². The zero-order valence-electron chi connectivity index (χ0n) is 10.4. The van der Waals surface area contributed by atoms with Crippen molar-refractivity contribution in [3.8, 4) is 0 Å². The van der Waals surface area contributed by atoms with Crippen LogP contribution in [0.5, 0.6) is 0 Å². The summed E-state index contributed by atoms with van der Waals surface area (Å²) < 4.78 is 4.92. The van der Waals surface area contributed by atoms with Crippen LogP contribution in [0.25, 0.3) is 0 Å². The van der Waals surface area contributed by atoms with Crippen molar-refractivity contribution in [2.24, 2.45) is 5.73 Å². The molecule has 0 aromatic heterocycles. The highest BCUT2D eigenvalue weighted by molar-refractivity contribution is 5.81. The van der Waals surface area contributed by atoms with Gasteiger partial charge in [0.1, 0.15) is 0 Å². The van der Waals surface area contributed by atoms with Crippen molar-refractivity contribution in [3.05, 3.63) is 0 Å². The van der Waals surface area contributed by atoms with Crippen LogP contribution in [0.3, 0.4) is 0 Å². The number of nitrogens with zero attached hydrogens (tertiary/aromatic N) is 1. The van der Waals surface area contributed by atoms with Gasteiger partial charge in [-0.1, -0.05) is 0 Å². The van der Waals surface area contributed by atoms with Gasteiger partial charge in [0, 0.05) is 19.1 Å². The van der Waals surface area contributed by atoms with Gasteiger partial charge >= 0.3 is 6.09 Å². The fourth-order valence-corrected chi connectivity index (χ4v) is 1.75. The number of carbonyl (C=O) groups excluding carboxylic acids is 2. The molecule has 1 atom stereocenters. The van der Waals surface area contributed by atoms with Gasteiger partial charge in [0.05, 0.1) is 12.6 Å². The van der Waals surface area contributed by atoms with Crippen molar-refractivity contribution < 1.29 is 14.3 Å². The molecule has 0 saturated carbocycles. The van der Waals surface area contributed by atoms with Crippen LogP contribution in [0.2, 0.25) is 0 Å². The maximum atomic E-state index is 11.4. The van der Waals surface area contributed by atoms with Gasteiger partial charge in [-0.2, -0.15) is 0 Å². The third kappa shape index (κ3) is 4.22. The molecule has 0 radical (unpaired) electrons. The number of amides is 2. The summed E-state index contributed by atoms with van der Waals surface area (Å²) >= 11 is 0. The molecule has 17 heavy (non-hydrogen) atoms. The first-order chi connectivity index (χ1) is 8.04. The van der Waals surface area contributed by atoms with E-state index in [2.05, 4.69) is 5.32 Å². The number of rotatable bonds is 3. The molecule has 1 aliphatic heterocycles. The Bertz CT molecular complexity index is 273. The van der Waals surface area contributed by atoms with Gasteiger partial charge in [-0.15, -0.1) is 0 Å². The maximum Gasteiger partial charge on any atom is 0.409 e. The van der Waals surface area contributed by atoms with Gasteiger partial charge in [-0.05, 0) is 26.7 Å². The summed E-state index contributed by atoms with van der Waals surface area (Å²) in [4.78, 5) is 24.5. The summed E-state index contributed by atoms with van der Waals surface area (Å²) in [6.07, 6.45) is 1.22. The van der Waals surface area contributed by atoms with E-state index in [9.17, 15) is 9.59 Å². The Hall–Kier alpha value is -1.30. The summed E-state index contributed by atoms with van der Waals surface area (Å²) in [5, 5.41) is 2.87. The van der Waals surface area contributed by atoms with E-state index in [1.165, 1.54) is 0 Å². The standard InChI is InChI=1S/C11H21N3O3/c1-3-17-11(16)14-6-4-9(5-7-14)13-10(15)8(2)12/h8-9H,3-7,12H2,1-2H3,(H,13,15)/t8-/m0/s1. The van der Waals surface area contributed by atoms with E-state index in [0.717, 1.165) is 12.8 Å². The molecule has 1 fully saturated rings. The van der Waals surface area contributed by atoms with Crippen LogP contribution in [0.1, 0.15) is 26.7 Å². The lowest BCUT2D eigenvalue weighted by molar-refractivity contribution is -0.122. The molecule has 0 bridgehead atoms. The topological polar surface area (TPSA) is 84.7 Å². The van der Waals surface area contributed by atoms with Crippen molar-refractivity contribution >= 4 is 12.0 Å². The Morgan fingerprint density at radius 1 is 1.47 bits per heavy atom. The number of carbonyl (C=O) groups is 2. The number of piperidine rings is 1. The second-order valence-corrected chi connectivity index (χ2v) is 4.26. The third-order valence-electron chi connectivity index (χ3n) is 2.78. The highest BCUT2D eigenvalue weighted by atomic mass is 16.6. The van der Waals surface area contributed by atoms with Crippen LogP contribution in [-0.4, -0.2) is 48.7 Å². The second-order valence-electron chi connectivity index (χ2n) is 4.26. The normalized spacial score (nSPS) is 18.6. The van der Waals surface area contributed by atoms with E-state index >= 15 is 0 Å². The summed E-state index contributed by atoms with van der Waals surface area (Å²) in [5.74, 6) is -0.139. The number of nitrogens with two attached hydrogens (primary N) is 1. The highest BCUT2D eigenvalue weighted by Crippen LogP contribution is 2.11. The van der Waals surface area contributed by atoms with Crippen molar-refractivity contribution in [2.75, 3.05) is 19.7 Å². The predicted octanol–water partition coefficient (Wildman–Crippen LogP) is 0.0707. The predicted molar refractivity (Wildman–Crippen MR) is 63.4 cm³/mol. The number of hydrogen-bond donors (Lipinski definition) is 2. The average Bonchev–Trinajstić information content (AvgIpc) is 2.30. The first kappa shape index (κ1) is 13.8. The Balaban J connectivity index is 2.31. The Kier molecular flexibility index (Phi) is 5.21. The quantitative estimate of drug-likeness (QED) is 0.734. The molecule has 1 aliphatic rings. The van der Waals surface area contributed by atoms with E-state index in [0.29, 0.717) is 19.7 Å². The van der Waals surface area contributed by atoms with Gasteiger partial charge in [0.15, 0.2) is 0 Å². The minimum Gasteiger partial charge on any atom is -0.450 e. The van der Waals surface area contributed by atoms with E-state index in [1.807, 2.05) is 0 Å². The Morgan fingerprint density at radius 3 is 2.53 bits per heavy atom. The summed E-state index contributed by atoms with van der Waals surface area (Å²) in [5.41, 5.74) is 5.47. The lowest BCUT2D eigenvalue weighted by Gasteiger charge is -2.31. The van der Waals surface area contributed by atoms with Crippen molar-refractivity contribution in [2.45, 2.75) is 38.8 Å². The fraction of sp³-hybridized carbons (Fsp3) is 0.818. The van der Waals surface area contributed by atoms with E-state index in [1.54, 1.807) is 18.7 Å². The molecule has 0 aromatic carbocycles. The first-order valence-corrected chi connectivity index (χ1v) is 6.02. The molecular formula is C11H21N3O3. The molecule has 98 valence electrons. The minimum atomic E-state index is -0.488. The average molecular weight is 243 g/mol. The molecule has 3 N–H and O–H groups in total. The zero-order chi connectivity index (χ0) is 12.8. The molecule has 6 heteroatoms. The van der Waals surface area contributed by atoms with Crippen molar-refractivity contribution in [1.29, 1.82) is 0 Å².